The maximum absolute atomic E-state index is 13.0. The Morgan fingerprint density at radius 3 is 0.713 bits per heavy atom. The minimum Gasteiger partial charge on any atom is -0.462 e. The van der Waals surface area contributed by atoms with Crippen molar-refractivity contribution in [2.45, 2.75) is 354 Å². The Kier molecular flexibility index (Phi) is 65.2. The highest BCUT2D eigenvalue weighted by atomic mass is 16.6. The first-order chi connectivity index (χ1) is 39.5. The van der Waals surface area contributed by atoms with Crippen molar-refractivity contribution in [3.05, 3.63) is 85.1 Å². The van der Waals surface area contributed by atoms with Gasteiger partial charge in [0.25, 0.3) is 0 Å². The topological polar surface area (TPSA) is 78.9 Å². The van der Waals surface area contributed by atoms with Gasteiger partial charge in [-0.2, -0.15) is 0 Å². The lowest BCUT2D eigenvalue weighted by Crippen LogP contribution is -2.30. The lowest BCUT2D eigenvalue weighted by Gasteiger charge is -2.18. The molecule has 0 amide bonds. The highest BCUT2D eigenvalue weighted by molar-refractivity contribution is 5.71. The van der Waals surface area contributed by atoms with Crippen molar-refractivity contribution in [1.29, 1.82) is 0 Å². The Morgan fingerprint density at radius 1 is 0.250 bits per heavy atom. The van der Waals surface area contributed by atoms with E-state index in [0.29, 0.717) is 19.3 Å². The lowest BCUT2D eigenvalue weighted by molar-refractivity contribution is -0.167. The van der Waals surface area contributed by atoms with Crippen LogP contribution in [0.2, 0.25) is 0 Å². The zero-order valence-corrected chi connectivity index (χ0v) is 53.1. The summed E-state index contributed by atoms with van der Waals surface area (Å²) in [6, 6.07) is 0. The van der Waals surface area contributed by atoms with E-state index in [0.717, 1.165) is 103 Å². The van der Waals surface area contributed by atoms with Crippen LogP contribution in [0.1, 0.15) is 348 Å². The standard InChI is InChI=1S/C74H130O6/c1-4-7-10-13-16-19-22-25-28-31-34-36-37-39-40-43-46-49-52-55-58-61-64-67-73(76)79-70-71(69-78-72(75)66-63-60-57-54-51-48-45-42-33-30-27-24-21-18-15-12-9-6-3)80-74(77)68-65-62-59-56-53-50-47-44-41-38-35-32-29-26-23-20-17-14-11-8-5-2/h22-23,25-26,30-35,37,39,41,44,71H,4-21,24,27-29,36,38,40,42-43,45-70H2,1-3H3/b25-22-,26-23-,33-30-,34-31-,35-32-,39-37-,44-41-. The summed E-state index contributed by atoms with van der Waals surface area (Å²) < 4.78 is 17.0. The fourth-order valence-corrected chi connectivity index (χ4v) is 9.87. The van der Waals surface area contributed by atoms with E-state index in [4.69, 9.17) is 14.2 Å². The maximum Gasteiger partial charge on any atom is 0.306 e. The highest BCUT2D eigenvalue weighted by Crippen LogP contribution is 2.16. The van der Waals surface area contributed by atoms with Gasteiger partial charge in [-0.05, 0) is 122 Å². The van der Waals surface area contributed by atoms with Gasteiger partial charge in [0.2, 0.25) is 0 Å². The molecule has 1 unspecified atom stereocenters. The third-order valence-corrected chi connectivity index (χ3v) is 15.1. The summed E-state index contributed by atoms with van der Waals surface area (Å²) in [4.78, 5) is 38.5. The average molecular weight is 1120 g/mol. The largest absolute Gasteiger partial charge is 0.462 e. The molecule has 0 aromatic carbocycles. The third-order valence-electron chi connectivity index (χ3n) is 15.1. The molecule has 80 heavy (non-hydrogen) atoms. The van der Waals surface area contributed by atoms with E-state index in [1.165, 1.54) is 205 Å². The average Bonchev–Trinajstić information content (AvgIpc) is 3.46. The van der Waals surface area contributed by atoms with Crippen molar-refractivity contribution in [2.75, 3.05) is 13.2 Å². The van der Waals surface area contributed by atoms with Crippen LogP contribution in [0.25, 0.3) is 0 Å². The number of unbranched alkanes of at least 4 members (excludes halogenated alkanes) is 38. The molecule has 0 aliphatic carbocycles. The predicted molar refractivity (Wildman–Crippen MR) is 348 cm³/mol. The normalized spacial score (nSPS) is 12.6. The Labute approximate surface area is 496 Å². The van der Waals surface area contributed by atoms with E-state index in [1.807, 2.05) is 0 Å². The molecule has 0 fully saturated rings. The van der Waals surface area contributed by atoms with Crippen LogP contribution < -0.4 is 0 Å². The van der Waals surface area contributed by atoms with Crippen molar-refractivity contribution in [1.82, 2.24) is 0 Å². The van der Waals surface area contributed by atoms with E-state index < -0.39 is 6.10 Å². The number of esters is 3. The van der Waals surface area contributed by atoms with Crippen LogP contribution in [0.4, 0.5) is 0 Å². The molecule has 462 valence electrons. The fourth-order valence-electron chi connectivity index (χ4n) is 9.87. The third kappa shape index (κ3) is 65.4. The van der Waals surface area contributed by atoms with Crippen LogP contribution in [0.5, 0.6) is 0 Å². The molecule has 1 atom stereocenters. The molecule has 0 aromatic rings. The molecular weight excluding hydrogens is 985 g/mol. The van der Waals surface area contributed by atoms with Gasteiger partial charge in [0, 0.05) is 19.3 Å². The zero-order valence-electron chi connectivity index (χ0n) is 53.1. The quantitative estimate of drug-likeness (QED) is 0.0261. The summed E-state index contributed by atoms with van der Waals surface area (Å²) in [5.74, 6) is -0.894. The summed E-state index contributed by atoms with van der Waals surface area (Å²) >= 11 is 0. The molecule has 0 spiro atoms. The van der Waals surface area contributed by atoms with Crippen molar-refractivity contribution in [2.24, 2.45) is 0 Å². The van der Waals surface area contributed by atoms with Gasteiger partial charge < -0.3 is 14.2 Å². The molecule has 0 rings (SSSR count). The van der Waals surface area contributed by atoms with Gasteiger partial charge in [0.1, 0.15) is 13.2 Å². The fraction of sp³-hybridized carbons (Fsp3) is 0.770. The Bertz CT molecular complexity index is 1520. The SMILES string of the molecule is CCCCCCC/C=C\C/C=C\C/C=C\CCCCCCCCCCC(=O)OCC(COC(=O)CCCCCCCCC/C=C\CCCCCCCCC)OC(=O)CCCCCCCC/C=C\C/C=C\C/C=C\CCCCCCC. The predicted octanol–water partition coefficient (Wildman–Crippen LogP) is 23.8. The second-order valence-corrected chi connectivity index (χ2v) is 23.1. The van der Waals surface area contributed by atoms with Crippen LogP contribution >= 0.6 is 0 Å². The molecule has 6 heteroatoms. The number of ether oxygens (including phenoxy) is 3. The van der Waals surface area contributed by atoms with Gasteiger partial charge in [-0.3, -0.25) is 14.4 Å². The molecule has 0 aliphatic heterocycles. The first-order valence-corrected chi connectivity index (χ1v) is 34.6. The van der Waals surface area contributed by atoms with Crippen LogP contribution in [-0.2, 0) is 28.6 Å². The second-order valence-electron chi connectivity index (χ2n) is 23.1. The second kappa shape index (κ2) is 68.1. The van der Waals surface area contributed by atoms with Crippen molar-refractivity contribution in [3.63, 3.8) is 0 Å². The number of allylic oxidation sites excluding steroid dienone is 14. The minimum atomic E-state index is -0.791. The maximum atomic E-state index is 13.0. The summed E-state index contributed by atoms with van der Waals surface area (Å²) in [5.41, 5.74) is 0. The molecule has 0 bridgehead atoms. The van der Waals surface area contributed by atoms with E-state index in [2.05, 4.69) is 106 Å². The van der Waals surface area contributed by atoms with E-state index in [9.17, 15) is 14.4 Å². The number of carbonyl (C=O) groups excluding carboxylic acids is 3. The number of rotatable bonds is 63. The molecule has 0 aromatic heterocycles. The molecule has 0 radical (unpaired) electrons. The Balaban J connectivity index is 4.42. The van der Waals surface area contributed by atoms with Gasteiger partial charge >= 0.3 is 17.9 Å². The van der Waals surface area contributed by atoms with Crippen molar-refractivity contribution in [3.8, 4) is 0 Å². The number of hydrogen-bond acceptors (Lipinski definition) is 6. The van der Waals surface area contributed by atoms with Gasteiger partial charge in [0.15, 0.2) is 6.10 Å². The molecule has 0 saturated heterocycles. The molecule has 6 nitrogen and oxygen atoms in total. The lowest BCUT2D eigenvalue weighted by atomic mass is 10.1. The molecule has 0 heterocycles. The Hall–Kier alpha value is -3.41. The van der Waals surface area contributed by atoms with Crippen LogP contribution in [-0.4, -0.2) is 37.2 Å². The van der Waals surface area contributed by atoms with Crippen LogP contribution in [0, 0.1) is 0 Å². The highest BCUT2D eigenvalue weighted by Gasteiger charge is 2.19. The molecular formula is C74H130O6. The smallest absolute Gasteiger partial charge is 0.306 e. The first-order valence-electron chi connectivity index (χ1n) is 34.6. The van der Waals surface area contributed by atoms with E-state index in [1.54, 1.807) is 0 Å². The Morgan fingerprint density at radius 2 is 0.450 bits per heavy atom. The van der Waals surface area contributed by atoms with Gasteiger partial charge in [0.05, 0.1) is 0 Å². The number of carbonyl (C=O) groups is 3. The van der Waals surface area contributed by atoms with Crippen molar-refractivity contribution < 1.29 is 28.6 Å². The van der Waals surface area contributed by atoms with E-state index in [-0.39, 0.29) is 31.1 Å². The van der Waals surface area contributed by atoms with Crippen LogP contribution in [0.15, 0.2) is 85.1 Å². The molecule has 0 aliphatic rings. The monoisotopic (exact) mass is 1110 g/mol. The van der Waals surface area contributed by atoms with Crippen LogP contribution in [0.3, 0.4) is 0 Å². The number of hydrogen-bond donors (Lipinski definition) is 0. The summed E-state index contributed by atoms with van der Waals surface area (Å²) in [7, 11) is 0. The van der Waals surface area contributed by atoms with E-state index >= 15 is 0 Å². The van der Waals surface area contributed by atoms with Gasteiger partial charge in [-0.15, -0.1) is 0 Å². The molecule has 0 saturated carbocycles. The summed E-state index contributed by atoms with van der Waals surface area (Å²) in [6.07, 6.45) is 90.2. The summed E-state index contributed by atoms with van der Waals surface area (Å²) in [5, 5.41) is 0. The van der Waals surface area contributed by atoms with Gasteiger partial charge in [-0.1, -0.05) is 292 Å². The summed E-state index contributed by atoms with van der Waals surface area (Å²) in [6.45, 7) is 6.64. The zero-order chi connectivity index (χ0) is 57.8. The molecule has 0 N–H and O–H groups in total. The van der Waals surface area contributed by atoms with Gasteiger partial charge in [-0.25, -0.2) is 0 Å². The first kappa shape index (κ1) is 76.6. The van der Waals surface area contributed by atoms with Crippen molar-refractivity contribution >= 4 is 17.9 Å². The minimum absolute atomic E-state index is 0.0855.